The zero-order valence-corrected chi connectivity index (χ0v) is 18.6. The summed E-state index contributed by atoms with van der Waals surface area (Å²) in [5.74, 6) is -1.23. The SMILES string of the molecule is CCCC(=O)ON1Cc2ccccc2N(C(=O)c2ccc(OCCOC(C)=O)cc2)CC1=O. The summed E-state index contributed by atoms with van der Waals surface area (Å²) in [6.07, 6.45) is 0.800. The van der Waals surface area contributed by atoms with Gasteiger partial charge in [0.1, 0.15) is 25.5 Å². The van der Waals surface area contributed by atoms with Crippen LogP contribution >= 0.6 is 0 Å². The van der Waals surface area contributed by atoms with Crippen LogP contribution in [0, 0.1) is 0 Å². The predicted octanol–water partition coefficient (Wildman–Crippen LogP) is 2.88. The van der Waals surface area contributed by atoms with E-state index in [1.54, 1.807) is 48.5 Å². The van der Waals surface area contributed by atoms with E-state index in [-0.39, 0.29) is 44.6 Å². The molecule has 2 aromatic carbocycles. The normalized spacial score (nSPS) is 13.1. The molecule has 33 heavy (non-hydrogen) atoms. The standard InChI is InChI=1S/C24H26N2O7/c1-3-6-23(29)33-26-15-19-7-4-5-8-21(19)25(16-22(26)28)24(30)18-9-11-20(12-10-18)32-14-13-31-17(2)27/h4-5,7-12H,3,6,13-16H2,1-2H3. The molecular weight excluding hydrogens is 428 g/mol. The van der Waals surface area contributed by atoms with Gasteiger partial charge in [-0.1, -0.05) is 25.1 Å². The molecule has 0 atom stereocenters. The lowest BCUT2D eigenvalue weighted by Gasteiger charge is -2.22. The average Bonchev–Trinajstić information content (AvgIpc) is 2.93. The number of rotatable bonds is 8. The Kier molecular flexibility index (Phi) is 8.01. The van der Waals surface area contributed by atoms with Gasteiger partial charge in [-0.2, -0.15) is 5.06 Å². The molecule has 9 nitrogen and oxygen atoms in total. The molecule has 1 heterocycles. The van der Waals surface area contributed by atoms with Crippen LogP contribution < -0.4 is 9.64 Å². The quantitative estimate of drug-likeness (QED) is 0.446. The van der Waals surface area contributed by atoms with Gasteiger partial charge in [-0.3, -0.25) is 19.3 Å². The van der Waals surface area contributed by atoms with Gasteiger partial charge in [0.15, 0.2) is 0 Å². The van der Waals surface area contributed by atoms with Crippen LogP contribution in [0.1, 0.15) is 42.6 Å². The molecule has 174 valence electrons. The Hall–Kier alpha value is -3.88. The number of ether oxygens (including phenoxy) is 2. The molecule has 3 rings (SSSR count). The number of hydroxylamine groups is 2. The van der Waals surface area contributed by atoms with E-state index in [1.807, 2.05) is 6.92 Å². The highest BCUT2D eigenvalue weighted by Crippen LogP contribution is 2.27. The Labute approximate surface area is 191 Å². The Morgan fingerprint density at radius 1 is 0.970 bits per heavy atom. The minimum atomic E-state index is -0.493. The van der Waals surface area contributed by atoms with E-state index in [9.17, 15) is 19.2 Å². The molecule has 0 N–H and O–H groups in total. The molecule has 0 unspecified atom stereocenters. The molecule has 0 saturated heterocycles. The summed E-state index contributed by atoms with van der Waals surface area (Å²) < 4.78 is 10.3. The molecule has 1 aliphatic heterocycles. The van der Waals surface area contributed by atoms with Crippen LogP contribution in [-0.2, 0) is 30.5 Å². The van der Waals surface area contributed by atoms with Crippen LogP contribution in [0.15, 0.2) is 48.5 Å². The van der Waals surface area contributed by atoms with Gasteiger partial charge in [-0.15, -0.1) is 0 Å². The largest absolute Gasteiger partial charge is 0.490 e. The fourth-order valence-electron chi connectivity index (χ4n) is 3.28. The van der Waals surface area contributed by atoms with Gasteiger partial charge >= 0.3 is 11.9 Å². The summed E-state index contributed by atoms with van der Waals surface area (Å²) in [5, 5.41) is 1.02. The number of para-hydroxylation sites is 1. The topological polar surface area (TPSA) is 102 Å². The van der Waals surface area contributed by atoms with Crippen molar-refractivity contribution in [3.05, 3.63) is 59.7 Å². The molecule has 1 aliphatic rings. The van der Waals surface area contributed by atoms with Gasteiger partial charge in [-0.25, -0.2) is 4.79 Å². The zero-order valence-electron chi connectivity index (χ0n) is 18.6. The van der Waals surface area contributed by atoms with Gasteiger partial charge in [0.25, 0.3) is 11.8 Å². The number of anilines is 1. The highest BCUT2D eigenvalue weighted by molar-refractivity contribution is 6.09. The Balaban J connectivity index is 1.75. The average molecular weight is 454 g/mol. The minimum absolute atomic E-state index is 0.0589. The molecule has 0 fully saturated rings. The van der Waals surface area contributed by atoms with Crippen LogP contribution in [0.2, 0.25) is 0 Å². The first kappa shape index (κ1) is 23.8. The molecular formula is C24H26N2O7. The Bertz CT molecular complexity index is 1020. The Morgan fingerprint density at radius 2 is 1.70 bits per heavy atom. The summed E-state index contributed by atoms with van der Waals surface area (Å²) in [7, 11) is 0. The number of esters is 1. The highest BCUT2D eigenvalue weighted by atomic mass is 16.7. The molecule has 2 aromatic rings. The Morgan fingerprint density at radius 3 is 2.39 bits per heavy atom. The van der Waals surface area contributed by atoms with E-state index in [4.69, 9.17) is 14.3 Å². The number of hydrogen-bond acceptors (Lipinski definition) is 7. The number of carbonyl (C=O) groups is 4. The predicted molar refractivity (Wildman–Crippen MR) is 118 cm³/mol. The second kappa shape index (κ2) is 11.1. The third-order valence-electron chi connectivity index (χ3n) is 4.84. The lowest BCUT2D eigenvalue weighted by atomic mass is 10.1. The van der Waals surface area contributed by atoms with Gasteiger partial charge in [0.2, 0.25) is 0 Å². The molecule has 9 heteroatoms. The number of hydrogen-bond donors (Lipinski definition) is 0. The first-order chi connectivity index (χ1) is 15.9. The van der Waals surface area contributed by atoms with Crippen LogP contribution in [0.4, 0.5) is 5.69 Å². The number of carbonyl (C=O) groups excluding carboxylic acids is 4. The van der Waals surface area contributed by atoms with Gasteiger partial charge < -0.3 is 14.3 Å². The van der Waals surface area contributed by atoms with E-state index in [0.29, 0.717) is 29.0 Å². The summed E-state index contributed by atoms with van der Waals surface area (Å²) in [5.41, 5.74) is 1.62. The molecule has 2 amide bonds. The minimum Gasteiger partial charge on any atom is -0.490 e. The summed E-state index contributed by atoms with van der Waals surface area (Å²) >= 11 is 0. The lowest BCUT2D eigenvalue weighted by Crippen LogP contribution is -2.41. The molecule has 0 saturated carbocycles. The van der Waals surface area contributed by atoms with Crippen molar-refractivity contribution < 1.29 is 33.5 Å². The van der Waals surface area contributed by atoms with E-state index in [2.05, 4.69) is 0 Å². The lowest BCUT2D eigenvalue weighted by molar-refractivity contribution is -0.199. The maximum absolute atomic E-state index is 13.3. The number of benzene rings is 2. The molecule has 0 spiro atoms. The van der Waals surface area contributed by atoms with Crippen molar-refractivity contribution in [2.75, 3.05) is 24.7 Å². The first-order valence-corrected chi connectivity index (χ1v) is 10.7. The fraction of sp³-hybridized carbons (Fsp3) is 0.333. The molecule has 0 aliphatic carbocycles. The third-order valence-corrected chi connectivity index (χ3v) is 4.84. The summed E-state index contributed by atoms with van der Waals surface area (Å²) in [6, 6.07) is 13.6. The molecule has 0 bridgehead atoms. The van der Waals surface area contributed by atoms with Crippen molar-refractivity contribution in [2.45, 2.75) is 33.2 Å². The number of amides is 2. The summed E-state index contributed by atoms with van der Waals surface area (Å²) in [6.45, 7) is 3.27. The smallest absolute Gasteiger partial charge is 0.332 e. The van der Waals surface area contributed by atoms with Gasteiger partial charge in [0, 0.05) is 24.6 Å². The van der Waals surface area contributed by atoms with Crippen molar-refractivity contribution in [2.24, 2.45) is 0 Å². The first-order valence-electron chi connectivity index (χ1n) is 10.7. The fourth-order valence-corrected chi connectivity index (χ4v) is 3.28. The third kappa shape index (κ3) is 6.31. The second-order valence-corrected chi connectivity index (χ2v) is 7.38. The number of nitrogens with zero attached hydrogens (tertiary/aromatic N) is 2. The van der Waals surface area contributed by atoms with E-state index in [1.165, 1.54) is 11.8 Å². The van der Waals surface area contributed by atoms with Crippen molar-refractivity contribution in [3.63, 3.8) is 0 Å². The molecule has 0 aromatic heterocycles. The number of fused-ring (bicyclic) bond motifs is 1. The zero-order chi connectivity index (χ0) is 23.8. The van der Waals surface area contributed by atoms with E-state index < -0.39 is 11.9 Å². The van der Waals surface area contributed by atoms with E-state index in [0.717, 1.165) is 5.06 Å². The van der Waals surface area contributed by atoms with Crippen LogP contribution in [0.3, 0.4) is 0 Å². The van der Waals surface area contributed by atoms with Crippen molar-refractivity contribution in [3.8, 4) is 5.75 Å². The van der Waals surface area contributed by atoms with Crippen molar-refractivity contribution in [1.82, 2.24) is 5.06 Å². The second-order valence-electron chi connectivity index (χ2n) is 7.38. The monoisotopic (exact) mass is 454 g/mol. The highest BCUT2D eigenvalue weighted by Gasteiger charge is 2.31. The van der Waals surface area contributed by atoms with Crippen LogP contribution in [0.5, 0.6) is 5.75 Å². The van der Waals surface area contributed by atoms with Crippen molar-refractivity contribution in [1.29, 1.82) is 0 Å². The van der Waals surface area contributed by atoms with Crippen LogP contribution in [0.25, 0.3) is 0 Å². The van der Waals surface area contributed by atoms with Gasteiger partial charge in [0.05, 0.1) is 6.54 Å². The van der Waals surface area contributed by atoms with Crippen LogP contribution in [-0.4, -0.2) is 48.6 Å². The van der Waals surface area contributed by atoms with Crippen molar-refractivity contribution >= 4 is 29.4 Å². The van der Waals surface area contributed by atoms with E-state index >= 15 is 0 Å². The maximum Gasteiger partial charge on any atom is 0.332 e. The maximum atomic E-state index is 13.3. The van der Waals surface area contributed by atoms with Gasteiger partial charge in [-0.05, 0) is 42.3 Å². The molecule has 0 radical (unpaired) electrons. The summed E-state index contributed by atoms with van der Waals surface area (Å²) in [4.78, 5) is 55.5.